The summed E-state index contributed by atoms with van der Waals surface area (Å²) in [5.41, 5.74) is 0. The molecule has 4 heteroatoms. The minimum atomic E-state index is -0.645. The Morgan fingerprint density at radius 2 is 2.17 bits per heavy atom. The smallest absolute Gasteiger partial charge is 0.292 e. The van der Waals surface area contributed by atoms with Gasteiger partial charge in [-0.1, -0.05) is 6.07 Å². The van der Waals surface area contributed by atoms with Crippen LogP contribution < -0.4 is 5.32 Å². The van der Waals surface area contributed by atoms with Crippen LogP contribution in [0.5, 0.6) is 0 Å². The molecule has 0 saturated heterocycles. The highest BCUT2D eigenvalue weighted by Crippen LogP contribution is 1.98. The fourth-order valence-electron chi connectivity index (χ4n) is 0.641. The second-order valence-corrected chi connectivity index (χ2v) is 2.23. The maximum absolute atomic E-state index is 10.8. The van der Waals surface area contributed by atoms with Crippen LogP contribution in [0.3, 0.4) is 0 Å². The number of hydrogen-bond acceptors (Lipinski definition) is 3. The zero-order valence-corrected chi connectivity index (χ0v) is 6.57. The van der Waals surface area contributed by atoms with E-state index in [1.165, 1.54) is 13.1 Å². The van der Waals surface area contributed by atoms with Gasteiger partial charge in [0.1, 0.15) is 5.82 Å². The molecule has 1 aromatic heterocycles. The monoisotopic (exact) mass is 164 g/mol. The van der Waals surface area contributed by atoms with Crippen LogP contribution in [0.1, 0.15) is 6.92 Å². The lowest BCUT2D eigenvalue weighted by molar-refractivity contribution is -0.133. The van der Waals surface area contributed by atoms with Gasteiger partial charge in [0.25, 0.3) is 5.91 Å². The summed E-state index contributed by atoms with van der Waals surface area (Å²) in [6.45, 7) is 1.21. The molecule has 0 atom stereocenters. The Morgan fingerprint density at radius 3 is 2.67 bits per heavy atom. The molecule has 4 nitrogen and oxygen atoms in total. The zero-order valence-electron chi connectivity index (χ0n) is 6.57. The van der Waals surface area contributed by atoms with Crippen molar-refractivity contribution in [2.75, 3.05) is 5.32 Å². The number of carbonyl (C=O) groups excluding carboxylic acids is 2. The van der Waals surface area contributed by atoms with Crippen molar-refractivity contribution in [3.05, 3.63) is 24.4 Å². The molecule has 1 rings (SSSR count). The van der Waals surface area contributed by atoms with Gasteiger partial charge in [-0.15, -0.1) is 0 Å². The molecule has 62 valence electrons. The molecule has 1 N–H and O–H groups in total. The van der Waals surface area contributed by atoms with E-state index in [1.807, 2.05) is 0 Å². The summed E-state index contributed by atoms with van der Waals surface area (Å²) in [6, 6.07) is 5.06. The standard InChI is InChI=1S/C8H8N2O2/c1-6(11)8(12)10-7-4-2-3-5-9-7/h2-5H,1H3,(H,9,10,12). The molecular weight excluding hydrogens is 156 g/mol. The van der Waals surface area contributed by atoms with Crippen molar-refractivity contribution in [1.29, 1.82) is 0 Å². The molecule has 0 aromatic carbocycles. The second-order valence-electron chi connectivity index (χ2n) is 2.23. The van der Waals surface area contributed by atoms with E-state index in [9.17, 15) is 9.59 Å². The van der Waals surface area contributed by atoms with Crippen LogP contribution in [0.4, 0.5) is 5.82 Å². The maximum Gasteiger partial charge on any atom is 0.292 e. The third-order valence-electron chi connectivity index (χ3n) is 1.23. The van der Waals surface area contributed by atoms with Crippen LogP contribution in [0, 0.1) is 0 Å². The Kier molecular flexibility index (Phi) is 2.53. The predicted octanol–water partition coefficient (Wildman–Crippen LogP) is 0.609. The Morgan fingerprint density at radius 1 is 1.42 bits per heavy atom. The number of hydrogen-bond donors (Lipinski definition) is 1. The fourth-order valence-corrected chi connectivity index (χ4v) is 0.641. The van der Waals surface area contributed by atoms with E-state index in [0.717, 1.165) is 0 Å². The summed E-state index contributed by atoms with van der Waals surface area (Å²) < 4.78 is 0. The largest absolute Gasteiger partial charge is 0.304 e. The number of Topliss-reactive ketones (excluding diaryl/α,β-unsaturated/α-hetero) is 1. The predicted molar refractivity (Wildman–Crippen MR) is 43.5 cm³/mol. The van der Waals surface area contributed by atoms with E-state index in [0.29, 0.717) is 5.82 Å². The molecule has 1 heterocycles. The van der Waals surface area contributed by atoms with Crippen LogP contribution in [-0.2, 0) is 9.59 Å². The minimum Gasteiger partial charge on any atom is -0.304 e. The molecule has 0 aliphatic rings. The van der Waals surface area contributed by atoms with Crippen molar-refractivity contribution in [3.63, 3.8) is 0 Å². The topological polar surface area (TPSA) is 59.1 Å². The average molecular weight is 164 g/mol. The van der Waals surface area contributed by atoms with E-state index in [4.69, 9.17) is 0 Å². The fraction of sp³-hybridized carbons (Fsp3) is 0.125. The number of nitrogens with zero attached hydrogens (tertiary/aromatic N) is 1. The van der Waals surface area contributed by atoms with Crippen LogP contribution in [0.25, 0.3) is 0 Å². The zero-order chi connectivity index (χ0) is 8.97. The van der Waals surface area contributed by atoms with Gasteiger partial charge in [0.05, 0.1) is 0 Å². The van der Waals surface area contributed by atoms with Gasteiger partial charge in [-0.25, -0.2) is 4.98 Å². The number of amides is 1. The molecule has 1 aromatic rings. The molecule has 12 heavy (non-hydrogen) atoms. The van der Waals surface area contributed by atoms with E-state index in [2.05, 4.69) is 10.3 Å². The van der Waals surface area contributed by atoms with Gasteiger partial charge < -0.3 is 5.32 Å². The maximum atomic E-state index is 10.8. The first-order chi connectivity index (χ1) is 5.70. The van der Waals surface area contributed by atoms with Gasteiger partial charge in [0.15, 0.2) is 0 Å². The van der Waals surface area contributed by atoms with Crippen LogP contribution >= 0.6 is 0 Å². The summed E-state index contributed by atoms with van der Waals surface area (Å²) in [6.07, 6.45) is 1.54. The van der Waals surface area contributed by atoms with Gasteiger partial charge in [-0.05, 0) is 12.1 Å². The second kappa shape index (κ2) is 3.61. The number of ketones is 1. The van der Waals surface area contributed by atoms with Crippen molar-refractivity contribution in [2.24, 2.45) is 0 Å². The summed E-state index contributed by atoms with van der Waals surface area (Å²) in [7, 11) is 0. The van der Waals surface area contributed by atoms with E-state index in [-0.39, 0.29) is 0 Å². The highest BCUT2D eigenvalue weighted by atomic mass is 16.2. The molecule has 0 fully saturated rings. The number of aromatic nitrogens is 1. The summed E-state index contributed by atoms with van der Waals surface area (Å²) >= 11 is 0. The first kappa shape index (κ1) is 8.39. The molecule has 0 unspecified atom stereocenters. The Bertz CT molecular complexity index is 295. The van der Waals surface area contributed by atoms with Crippen LogP contribution in [0.2, 0.25) is 0 Å². The minimum absolute atomic E-state index is 0.387. The van der Waals surface area contributed by atoms with Gasteiger partial charge in [-0.3, -0.25) is 9.59 Å². The number of anilines is 1. The van der Waals surface area contributed by atoms with E-state index < -0.39 is 11.7 Å². The molecule has 0 bridgehead atoms. The number of carbonyl (C=O) groups is 2. The van der Waals surface area contributed by atoms with Gasteiger partial charge in [-0.2, -0.15) is 0 Å². The first-order valence-corrected chi connectivity index (χ1v) is 3.43. The van der Waals surface area contributed by atoms with Crippen LogP contribution in [0.15, 0.2) is 24.4 Å². The van der Waals surface area contributed by atoms with Gasteiger partial charge in [0.2, 0.25) is 5.78 Å². The van der Waals surface area contributed by atoms with Crippen molar-refractivity contribution in [3.8, 4) is 0 Å². The Labute approximate surface area is 69.6 Å². The number of pyridine rings is 1. The summed E-state index contributed by atoms with van der Waals surface area (Å²) in [4.78, 5) is 25.1. The molecule has 1 amide bonds. The molecule has 0 spiro atoms. The van der Waals surface area contributed by atoms with Gasteiger partial charge in [0, 0.05) is 13.1 Å². The highest BCUT2D eigenvalue weighted by Gasteiger charge is 2.06. The molecule has 0 radical (unpaired) electrons. The number of nitrogens with one attached hydrogen (secondary N) is 1. The SMILES string of the molecule is CC(=O)C(=O)Nc1ccccn1. The Balaban J connectivity index is 2.65. The van der Waals surface area contributed by atoms with Crippen molar-refractivity contribution in [1.82, 2.24) is 4.98 Å². The molecule has 0 saturated carbocycles. The lowest BCUT2D eigenvalue weighted by Crippen LogP contribution is -2.20. The molecule has 0 aliphatic carbocycles. The average Bonchev–Trinajstić information content (AvgIpc) is 2.06. The number of rotatable bonds is 2. The third-order valence-corrected chi connectivity index (χ3v) is 1.23. The van der Waals surface area contributed by atoms with Crippen molar-refractivity contribution >= 4 is 17.5 Å². The lowest BCUT2D eigenvalue weighted by Gasteiger charge is -1.98. The molecular formula is C8H8N2O2. The van der Waals surface area contributed by atoms with Gasteiger partial charge >= 0.3 is 0 Å². The first-order valence-electron chi connectivity index (χ1n) is 3.43. The highest BCUT2D eigenvalue weighted by molar-refractivity contribution is 6.39. The van der Waals surface area contributed by atoms with Crippen LogP contribution in [-0.4, -0.2) is 16.7 Å². The lowest BCUT2D eigenvalue weighted by atomic mass is 10.4. The summed E-state index contributed by atoms with van der Waals surface area (Å²) in [5.74, 6) is -0.785. The van der Waals surface area contributed by atoms with Crippen molar-refractivity contribution < 1.29 is 9.59 Å². The Hall–Kier alpha value is -1.71. The molecule has 0 aliphatic heterocycles. The summed E-state index contributed by atoms with van der Waals surface area (Å²) in [5, 5.41) is 2.34. The quantitative estimate of drug-likeness (QED) is 0.651. The van der Waals surface area contributed by atoms with E-state index >= 15 is 0 Å². The van der Waals surface area contributed by atoms with Crippen molar-refractivity contribution in [2.45, 2.75) is 6.92 Å². The normalized spacial score (nSPS) is 9.08. The van der Waals surface area contributed by atoms with E-state index in [1.54, 1.807) is 18.2 Å². The third kappa shape index (κ3) is 2.16.